The lowest BCUT2D eigenvalue weighted by atomic mass is 9.96. The fourth-order valence-corrected chi connectivity index (χ4v) is 2.07. The van der Waals surface area contributed by atoms with Gasteiger partial charge in [-0.1, -0.05) is 19.3 Å². The lowest BCUT2D eigenvalue weighted by Gasteiger charge is -2.22. The van der Waals surface area contributed by atoms with Crippen LogP contribution in [-0.2, 0) is 6.42 Å². The molecule has 0 bridgehead atoms. The van der Waals surface area contributed by atoms with Gasteiger partial charge in [0.1, 0.15) is 0 Å². The topological polar surface area (TPSA) is 61.6 Å². The molecule has 2 rings (SSSR count). The Morgan fingerprint density at radius 2 is 2.19 bits per heavy atom. The van der Waals surface area contributed by atoms with Gasteiger partial charge in [0.2, 0.25) is 5.95 Å². The highest BCUT2D eigenvalue weighted by molar-refractivity contribution is 5.27. The smallest absolute Gasteiger partial charge is 0.223 e. The van der Waals surface area contributed by atoms with Gasteiger partial charge in [0.15, 0.2) is 0 Å². The Morgan fingerprint density at radius 3 is 2.94 bits per heavy atom. The summed E-state index contributed by atoms with van der Waals surface area (Å²) in [5.74, 6) is 0.666. The first kappa shape index (κ1) is 10.9. The Kier molecular flexibility index (Phi) is 3.71. The van der Waals surface area contributed by atoms with Crippen LogP contribution < -0.4 is 5.32 Å². The van der Waals surface area contributed by atoms with Gasteiger partial charge in [0, 0.05) is 12.2 Å². The normalized spacial score (nSPS) is 16.7. The minimum atomic E-state index is 0.349. The molecule has 1 aliphatic rings. The van der Waals surface area contributed by atoms with E-state index >= 15 is 0 Å². The van der Waals surface area contributed by atoms with Gasteiger partial charge in [-0.2, -0.15) is 5.26 Å². The third-order valence-electron chi connectivity index (χ3n) is 2.91. The van der Waals surface area contributed by atoms with Crippen molar-refractivity contribution < 1.29 is 0 Å². The van der Waals surface area contributed by atoms with E-state index in [-0.39, 0.29) is 0 Å². The summed E-state index contributed by atoms with van der Waals surface area (Å²) >= 11 is 0. The summed E-state index contributed by atoms with van der Waals surface area (Å²) in [6.07, 6.45) is 8.38. The third-order valence-corrected chi connectivity index (χ3v) is 2.91. The van der Waals surface area contributed by atoms with Crippen LogP contribution in [0, 0.1) is 11.3 Å². The lowest BCUT2D eigenvalue weighted by molar-refractivity contribution is 0.460. The van der Waals surface area contributed by atoms with Crippen LogP contribution in [0.4, 0.5) is 5.95 Å². The Balaban J connectivity index is 1.97. The zero-order valence-electron chi connectivity index (χ0n) is 9.32. The van der Waals surface area contributed by atoms with Crippen LogP contribution in [0.1, 0.15) is 37.8 Å². The van der Waals surface area contributed by atoms with E-state index in [1.165, 1.54) is 32.1 Å². The van der Waals surface area contributed by atoms with Gasteiger partial charge in [-0.3, -0.25) is 0 Å². The summed E-state index contributed by atoms with van der Waals surface area (Å²) in [7, 11) is 0. The molecule has 0 aliphatic heterocycles. The first-order valence-electron chi connectivity index (χ1n) is 5.84. The van der Waals surface area contributed by atoms with Gasteiger partial charge >= 0.3 is 0 Å². The summed E-state index contributed by atoms with van der Waals surface area (Å²) in [6, 6.07) is 4.39. The van der Waals surface area contributed by atoms with Crippen LogP contribution >= 0.6 is 0 Å². The van der Waals surface area contributed by atoms with Gasteiger partial charge in [0.05, 0.1) is 18.2 Å². The van der Waals surface area contributed by atoms with E-state index in [0.29, 0.717) is 18.4 Å². The van der Waals surface area contributed by atoms with E-state index in [1.54, 1.807) is 12.3 Å². The molecule has 4 nitrogen and oxygen atoms in total. The molecule has 1 aliphatic carbocycles. The summed E-state index contributed by atoms with van der Waals surface area (Å²) in [4.78, 5) is 8.50. The molecule has 0 unspecified atom stereocenters. The number of aromatic nitrogens is 2. The fourth-order valence-electron chi connectivity index (χ4n) is 2.07. The fraction of sp³-hybridized carbons (Fsp3) is 0.583. The maximum Gasteiger partial charge on any atom is 0.223 e. The van der Waals surface area contributed by atoms with E-state index < -0.39 is 0 Å². The van der Waals surface area contributed by atoms with Crippen molar-refractivity contribution in [1.82, 2.24) is 9.97 Å². The van der Waals surface area contributed by atoms with Gasteiger partial charge in [0.25, 0.3) is 0 Å². The molecule has 1 N–H and O–H groups in total. The molecule has 1 heterocycles. The maximum atomic E-state index is 8.60. The molecule has 0 aromatic carbocycles. The molecule has 16 heavy (non-hydrogen) atoms. The molecule has 0 saturated heterocycles. The minimum Gasteiger partial charge on any atom is -0.351 e. The van der Waals surface area contributed by atoms with Crippen molar-refractivity contribution in [2.45, 2.75) is 44.6 Å². The second kappa shape index (κ2) is 5.45. The summed E-state index contributed by atoms with van der Waals surface area (Å²) in [5.41, 5.74) is 0.788. The molecule has 0 radical (unpaired) electrons. The molecule has 4 heteroatoms. The monoisotopic (exact) mass is 216 g/mol. The average molecular weight is 216 g/mol. The van der Waals surface area contributed by atoms with Crippen LogP contribution in [0.3, 0.4) is 0 Å². The maximum absolute atomic E-state index is 8.60. The van der Waals surface area contributed by atoms with Gasteiger partial charge in [-0.05, 0) is 18.9 Å². The number of anilines is 1. The zero-order chi connectivity index (χ0) is 11.2. The molecule has 1 fully saturated rings. The number of hydrogen-bond donors (Lipinski definition) is 1. The molecular weight excluding hydrogens is 200 g/mol. The van der Waals surface area contributed by atoms with Crippen LogP contribution in [0.2, 0.25) is 0 Å². The molecule has 84 valence electrons. The largest absolute Gasteiger partial charge is 0.351 e. The summed E-state index contributed by atoms with van der Waals surface area (Å²) in [6.45, 7) is 0. The highest BCUT2D eigenvalue weighted by atomic mass is 15.1. The van der Waals surface area contributed by atoms with Crippen LogP contribution in [0.15, 0.2) is 12.3 Å². The highest BCUT2D eigenvalue weighted by Gasteiger charge is 2.13. The number of nitrogens with one attached hydrogen (secondary N) is 1. The molecule has 0 atom stereocenters. The SMILES string of the molecule is N#CCc1ccnc(NC2CCCCC2)n1. The van der Waals surface area contributed by atoms with E-state index in [1.807, 2.05) is 0 Å². The molecule has 0 spiro atoms. The Morgan fingerprint density at radius 1 is 1.38 bits per heavy atom. The molecule has 1 aromatic heterocycles. The van der Waals surface area contributed by atoms with Crippen molar-refractivity contribution >= 4 is 5.95 Å². The first-order valence-corrected chi connectivity index (χ1v) is 5.84. The number of nitrogens with zero attached hydrogens (tertiary/aromatic N) is 3. The molecule has 0 amide bonds. The Bertz CT molecular complexity index is 377. The Labute approximate surface area is 95.7 Å². The van der Waals surface area contributed by atoms with Crippen molar-refractivity contribution in [2.75, 3.05) is 5.32 Å². The zero-order valence-corrected chi connectivity index (χ0v) is 9.32. The van der Waals surface area contributed by atoms with Gasteiger partial charge in [-0.25, -0.2) is 9.97 Å². The molecule has 1 aromatic rings. The number of rotatable bonds is 3. The van der Waals surface area contributed by atoms with Crippen molar-refractivity contribution in [3.63, 3.8) is 0 Å². The van der Waals surface area contributed by atoms with Crippen LogP contribution in [0.5, 0.6) is 0 Å². The summed E-state index contributed by atoms with van der Waals surface area (Å²) < 4.78 is 0. The molecular formula is C12H16N4. The predicted octanol–water partition coefficient (Wildman–Crippen LogP) is 2.29. The second-order valence-electron chi connectivity index (χ2n) is 4.19. The highest BCUT2D eigenvalue weighted by Crippen LogP contribution is 2.20. The standard InChI is InChI=1S/C12H16N4/c13-8-6-11-7-9-14-12(16-11)15-10-4-2-1-3-5-10/h7,9-10H,1-6H2,(H,14,15,16). The van der Waals surface area contributed by atoms with Crippen molar-refractivity contribution in [2.24, 2.45) is 0 Å². The average Bonchev–Trinajstić information content (AvgIpc) is 2.31. The van der Waals surface area contributed by atoms with Crippen molar-refractivity contribution in [3.8, 4) is 6.07 Å². The van der Waals surface area contributed by atoms with Gasteiger partial charge < -0.3 is 5.32 Å². The van der Waals surface area contributed by atoms with Crippen LogP contribution in [-0.4, -0.2) is 16.0 Å². The quantitative estimate of drug-likeness (QED) is 0.842. The lowest BCUT2D eigenvalue weighted by Crippen LogP contribution is -2.23. The summed E-state index contributed by atoms with van der Waals surface area (Å²) in [5, 5.41) is 11.9. The van der Waals surface area contributed by atoms with Crippen LogP contribution in [0.25, 0.3) is 0 Å². The second-order valence-corrected chi connectivity index (χ2v) is 4.19. The van der Waals surface area contributed by atoms with Crippen molar-refractivity contribution in [3.05, 3.63) is 18.0 Å². The van der Waals surface area contributed by atoms with E-state index in [9.17, 15) is 0 Å². The van der Waals surface area contributed by atoms with E-state index in [4.69, 9.17) is 5.26 Å². The Hall–Kier alpha value is -1.63. The predicted molar refractivity (Wildman–Crippen MR) is 61.8 cm³/mol. The number of nitriles is 1. The van der Waals surface area contributed by atoms with Crippen molar-refractivity contribution in [1.29, 1.82) is 5.26 Å². The first-order chi connectivity index (χ1) is 7.88. The molecule has 1 saturated carbocycles. The van der Waals surface area contributed by atoms with E-state index in [2.05, 4.69) is 21.4 Å². The minimum absolute atomic E-state index is 0.349. The third kappa shape index (κ3) is 2.93. The van der Waals surface area contributed by atoms with E-state index in [0.717, 1.165) is 5.69 Å². The number of hydrogen-bond acceptors (Lipinski definition) is 4. The van der Waals surface area contributed by atoms with Gasteiger partial charge in [-0.15, -0.1) is 0 Å².